The number of allylic oxidation sites excluding steroid dienone is 1. The van der Waals surface area contributed by atoms with Crippen LogP contribution in [-0.4, -0.2) is 26.2 Å². The number of benzene rings is 1. The Hall–Kier alpha value is -2.73. The van der Waals surface area contributed by atoms with Crippen molar-refractivity contribution in [3.8, 4) is 17.2 Å². The van der Waals surface area contributed by atoms with Crippen molar-refractivity contribution in [3.05, 3.63) is 47.4 Å². The average molecular weight is 276 g/mol. The van der Waals surface area contributed by atoms with Gasteiger partial charge in [-0.25, -0.2) is 0 Å². The Morgan fingerprint density at radius 3 is 2.35 bits per heavy atom. The number of phenols is 3. The van der Waals surface area contributed by atoms with Crippen molar-refractivity contribution in [2.75, 3.05) is 0 Å². The van der Waals surface area contributed by atoms with Crippen LogP contribution in [0, 0.1) is 0 Å². The molecule has 1 aromatic heterocycles. The van der Waals surface area contributed by atoms with E-state index < -0.39 is 5.78 Å². The molecule has 0 atom stereocenters. The van der Waals surface area contributed by atoms with Crippen molar-refractivity contribution in [2.45, 2.75) is 6.61 Å². The molecule has 0 aliphatic rings. The molecule has 2 rings (SSSR count). The van der Waals surface area contributed by atoms with Gasteiger partial charge in [0.05, 0.1) is 5.56 Å². The Balaban J connectivity index is 2.23. The number of hydrogen-bond donors (Lipinski definition) is 4. The fourth-order valence-corrected chi connectivity index (χ4v) is 1.62. The highest BCUT2D eigenvalue weighted by Gasteiger charge is 2.10. The molecule has 0 bridgehead atoms. The maximum Gasteiger partial charge on any atom is 0.221 e. The Kier molecular flexibility index (Phi) is 3.76. The van der Waals surface area contributed by atoms with Crippen molar-refractivity contribution >= 4 is 11.9 Å². The Morgan fingerprint density at radius 1 is 1.15 bits per heavy atom. The second-order valence-corrected chi connectivity index (χ2v) is 4.02. The van der Waals surface area contributed by atoms with E-state index in [1.807, 2.05) is 0 Å². The first-order valence-electron chi connectivity index (χ1n) is 5.68. The highest BCUT2D eigenvalue weighted by atomic mass is 16.4. The van der Waals surface area contributed by atoms with E-state index in [2.05, 4.69) is 0 Å². The van der Waals surface area contributed by atoms with Crippen LogP contribution in [0.3, 0.4) is 0 Å². The number of carbonyl (C=O) groups excluding carboxylic acids is 1. The molecule has 20 heavy (non-hydrogen) atoms. The summed E-state index contributed by atoms with van der Waals surface area (Å²) >= 11 is 0. The van der Waals surface area contributed by atoms with E-state index in [0.717, 1.165) is 18.2 Å². The fraction of sp³-hybridized carbons (Fsp3) is 0.0714. The van der Waals surface area contributed by atoms with Crippen molar-refractivity contribution in [1.82, 2.24) is 0 Å². The average Bonchev–Trinajstić information content (AvgIpc) is 2.86. The smallest absolute Gasteiger partial charge is 0.221 e. The maximum absolute atomic E-state index is 11.8. The molecule has 1 heterocycles. The van der Waals surface area contributed by atoms with E-state index in [4.69, 9.17) is 14.6 Å². The molecule has 0 saturated carbocycles. The molecule has 6 heteroatoms. The lowest BCUT2D eigenvalue weighted by Gasteiger charge is -2.03. The zero-order valence-electron chi connectivity index (χ0n) is 10.3. The Morgan fingerprint density at radius 2 is 1.80 bits per heavy atom. The van der Waals surface area contributed by atoms with E-state index in [-0.39, 0.29) is 40.9 Å². The Labute approximate surface area is 113 Å². The standard InChI is InChI=1S/C14H12O6/c15-7-9-1-4-14(20-9)11(17)3-2-10-12(18)5-8(16)6-13(10)19/h1-6,15-16,18-19H,7H2/b3-2+. The summed E-state index contributed by atoms with van der Waals surface area (Å²) in [4.78, 5) is 11.8. The van der Waals surface area contributed by atoms with Gasteiger partial charge in [-0.1, -0.05) is 0 Å². The minimum Gasteiger partial charge on any atom is -0.508 e. The molecule has 1 aromatic carbocycles. The molecule has 0 aliphatic heterocycles. The number of aliphatic hydroxyl groups is 1. The summed E-state index contributed by atoms with van der Waals surface area (Å²) in [6.07, 6.45) is 2.30. The van der Waals surface area contributed by atoms with Gasteiger partial charge in [-0.2, -0.15) is 0 Å². The molecule has 0 amide bonds. The van der Waals surface area contributed by atoms with Crippen molar-refractivity contribution in [3.63, 3.8) is 0 Å². The molecule has 4 N–H and O–H groups in total. The molecular formula is C14H12O6. The quantitative estimate of drug-likeness (QED) is 0.500. The van der Waals surface area contributed by atoms with Crippen LogP contribution in [0.1, 0.15) is 21.9 Å². The summed E-state index contributed by atoms with van der Waals surface area (Å²) in [7, 11) is 0. The zero-order valence-corrected chi connectivity index (χ0v) is 10.3. The predicted octanol–water partition coefficient (Wildman–Crippen LogP) is 1.78. The second kappa shape index (κ2) is 5.50. The van der Waals surface area contributed by atoms with Gasteiger partial charge in [0, 0.05) is 12.1 Å². The lowest BCUT2D eigenvalue weighted by molar-refractivity contribution is 0.101. The summed E-state index contributed by atoms with van der Waals surface area (Å²) in [5.41, 5.74) is 0.00471. The summed E-state index contributed by atoms with van der Waals surface area (Å²) in [5, 5.41) is 37.1. The molecule has 0 unspecified atom stereocenters. The summed E-state index contributed by atoms with van der Waals surface area (Å²) in [6, 6.07) is 4.96. The third-order valence-electron chi connectivity index (χ3n) is 2.58. The van der Waals surface area contributed by atoms with Crippen molar-refractivity contribution in [2.24, 2.45) is 0 Å². The molecule has 104 valence electrons. The van der Waals surface area contributed by atoms with Crippen LogP contribution in [0.15, 0.2) is 34.8 Å². The van der Waals surface area contributed by atoms with E-state index in [1.165, 1.54) is 18.2 Å². The Bertz CT molecular complexity index is 645. The van der Waals surface area contributed by atoms with Crippen LogP contribution >= 0.6 is 0 Å². The number of furan rings is 1. The van der Waals surface area contributed by atoms with Crippen LogP contribution in [0.5, 0.6) is 17.2 Å². The monoisotopic (exact) mass is 276 g/mol. The topological polar surface area (TPSA) is 111 Å². The lowest BCUT2D eigenvalue weighted by Crippen LogP contribution is -1.91. The fourth-order valence-electron chi connectivity index (χ4n) is 1.62. The second-order valence-electron chi connectivity index (χ2n) is 4.02. The van der Waals surface area contributed by atoms with Gasteiger partial charge in [0.2, 0.25) is 5.78 Å². The van der Waals surface area contributed by atoms with Crippen molar-refractivity contribution in [1.29, 1.82) is 0 Å². The molecular weight excluding hydrogens is 264 g/mol. The van der Waals surface area contributed by atoms with Crippen LogP contribution < -0.4 is 0 Å². The van der Waals surface area contributed by atoms with Gasteiger partial charge in [-0.05, 0) is 24.3 Å². The largest absolute Gasteiger partial charge is 0.508 e. The van der Waals surface area contributed by atoms with E-state index >= 15 is 0 Å². The molecule has 0 radical (unpaired) electrons. The number of rotatable bonds is 4. The number of hydrogen-bond acceptors (Lipinski definition) is 6. The third-order valence-corrected chi connectivity index (χ3v) is 2.58. The normalized spacial score (nSPS) is 11.1. The summed E-state index contributed by atoms with van der Waals surface area (Å²) < 4.78 is 5.05. The minimum atomic E-state index is -0.489. The SMILES string of the molecule is O=C(/C=C/c1c(O)cc(O)cc1O)c1ccc(CO)o1. The van der Waals surface area contributed by atoms with Gasteiger partial charge in [0.1, 0.15) is 29.6 Å². The number of phenolic OH excluding ortho intramolecular Hbond substituents is 3. The van der Waals surface area contributed by atoms with E-state index in [0.29, 0.717) is 0 Å². The van der Waals surface area contributed by atoms with Crippen LogP contribution in [0.2, 0.25) is 0 Å². The predicted molar refractivity (Wildman–Crippen MR) is 69.4 cm³/mol. The highest BCUT2D eigenvalue weighted by Crippen LogP contribution is 2.32. The zero-order chi connectivity index (χ0) is 14.7. The molecule has 0 aliphatic carbocycles. The molecule has 2 aromatic rings. The first-order valence-corrected chi connectivity index (χ1v) is 5.68. The van der Waals surface area contributed by atoms with Crippen LogP contribution in [-0.2, 0) is 6.61 Å². The van der Waals surface area contributed by atoms with Crippen LogP contribution in [0.25, 0.3) is 6.08 Å². The number of ketones is 1. The number of aliphatic hydroxyl groups excluding tert-OH is 1. The van der Waals surface area contributed by atoms with Gasteiger partial charge in [0.15, 0.2) is 5.76 Å². The molecule has 0 fully saturated rings. The summed E-state index contributed by atoms with van der Waals surface area (Å²) in [5.74, 6) is -1.21. The number of aromatic hydroxyl groups is 3. The van der Waals surface area contributed by atoms with Crippen LogP contribution in [0.4, 0.5) is 0 Å². The number of carbonyl (C=O) groups is 1. The minimum absolute atomic E-state index is 0.00471. The molecule has 6 nitrogen and oxygen atoms in total. The molecule has 0 saturated heterocycles. The van der Waals surface area contributed by atoms with Gasteiger partial charge in [0.25, 0.3) is 0 Å². The van der Waals surface area contributed by atoms with Gasteiger partial charge in [-0.15, -0.1) is 0 Å². The highest BCUT2D eigenvalue weighted by molar-refractivity contribution is 6.05. The molecule has 0 spiro atoms. The maximum atomic E-state index is 11.8. The van der Waals surface area contributed by atoms with Crippen molar-refractivity contribution < 1.29 is 29.6 Å². The first kappa shape index (κ1) is 13.7. The lowest BCUT2D eigenvalue weighted by atomic mass is 10.1. The summed E-state index contributed by atoms with van der Waals surface area (Å²) in [6.45, 7) is -0.309. The van der Waals surface area contributed by atoms with E-state index in [1.54, 1.807) is 0 Å². The van der Waals surface area contributed by atoms with Gasteiger partial charge >= 0.3 is 0 Å². The van der Waals surface area contributed by atoms with Gasteiger partial charge < -0.3 is 24.8 Å². The van der Waals surface area contributed by atoms with Gasteiger partial charge in [-0.3, -0.25) is 4.79 Å². The third kappa shape index (κ3) is 2.81. The van der Waals surface area contributed by atoms with E-state index in [9.17, 15) is 15.0 Å². The first-order chi connectivity index (χ1) is 9.51.